The molecule has 5 aromatic carbocycles. The molecule has 7 aromatic rings. The highest BCUT2D eigenvalue weighted by Gasteiger charge is 2.25. The molecule has 0 radical (unpaired) electrons. The van der Waals surface area contributed by atoms with Gasteiger partial charge in [-0.15, -0.1) is 0 Å². The first-order chi connectivity index (χ1) is 22.0. The zero-order valence-electron chi connectivity index (χ0n) is 24.2. The fraction of sp³-hybridized carbons (Fsp3) is 0.0811. The van der Waals surface area contributed by atoms with Gasteiger partial charge < -0.3 is 5.73 Å². The Labute approximate surface area is 258 Å². The number of anilines is 1. The Hall–Kier alpha value is -5.89. The third-order valence-electron chi connectivity index (χ3n) is 8.43. The lowest BCUT2D eigenvalue weighted by atomic mass is 9.93. The summed E-state index contributed by atoms with van der Waals surface area (Å²) in [4.78, 5) is 17.5. The van der Waals surface area contributed by atoms with Crippen molar-refractivity contribution in [1.29, 1.82) is 0 Å². The summed E-state index contributed by atoms with van der Waals surface area (Å²) in [7, 11) is 0. The topological polar surface area (TPSA) is 89.4 Å². The average molecular weight is 591 g/mol. The summed E-state index contributed by atoms with van der Waals surface area (Å²) >= 11 is 0. The number of nitrogens with zero attached hydrogens (tertiary/aromatic N) is 5. The van der Waals surface area contributed by atoms with Gasteiger partial charge in [0.2, 0.25) is 5.91 Å². The number of fused-ring (bicyclic) bond motifs is 5. The number of aromatic nitrogens is 3. The highest BCUT2D eigenvalue weighted by Crippen LogP contribution is 2.36. The van der Waals surface area contributed by atoms with Crippen LogP contribution in [0, 0.1) is 5.82 Å². The molecule has 1 amide bonds. The number of benzene rings is 5. The van der Waals surface area contributed by atoms with E-state index in [9.17, 15) is 9.18 Å². The van der Waals surface area contributed by atoms with E-state index < -0.39 is 0 Å². The maximum atomic E-state index is 13.8. The highest BCUT2D eigenvalue weighted by molar-refractivity contribution is 6.18. The number of nitrogens with two attached hydrogens (primary N) is 1. The molecule has 2 N–H and O–H groups in total. The summed E-state index contributed by atoms with van der Waals surface area (Å²) < 4.78 is 15.5. The normalized spacial score (nSPS) is 13.6. The number of carbonyl (C=O) groups is 1. The van der Waals surface area contributed by atoms with Crippen LogP contribution in [0.2, 0.25) is 0 Å². The van der Waals surface area contributed by atoms with E-state index in [0.29, 0.717) is 36.7 Å². The van der Waals surface area contributed by atoms with Gasteiger partial charge in [-0.2, -0.15) is 10.2 Å². The molecule has 0 unspecified atom stereocenters. The standard InChI is InChI=1S/C37H27FN6O/c38-28-12-9-24(10-13-28)37-32(26-17-18-40-33(39)20-26)22-43(42-37)34-15-16-35(45)44(41-34)21-27-19-25-6-2-3-7-29(25)31-14-11-23-5-1-4-8-30(23)36(27)31/h1-14,17-20,22H,15-16,21H2,(H2,39,40). The van der Waals surface area contributed by atoms with Crippen molar-refractivity contribution in [2.45, 2.75) is 19.4 Å². The molecule has 218 valence electrons. The first-order valence-corrected chi connectivity index (χ1v) is 14.8. The number of hydrogen-bond donors (Lipinski definition) is 1. The Kier molecular flexibility index (Phi) is 6.34. The molecule has 0 fully saturated rings. The van der Waals surface area contributed by atoms with E-state index in [4.69, 9.17) is 15.9 Å². The average Bonchev–Trinajstić information content (AvgIpc) is 3.51. The van der Waals surface area contributed by atoms with Crippen LogP contribution in [0.1, 0.15) is 18.4 Å². The molecule has 1 aliphatic rings. The minimum Gasteiger partial charge on any atom is -0.384 e. The minimum absolute atomic E-state index is 0.0478. The third-order valence-corrected chi connectivity index (χ3v) is 8.43. The Balaban J connectivity index is 1.25. The fourth-order valence-corrected chi connectivity index (χ4v) is 6.29. The van der Waals surface area contributed by atoms with E-state index in [-0.39, 0.29) is 11.7 Å². The maximum absolute atomic E-state index is 13.8. The zero-order chi connectivity index (χ0) is 30.5. The van der Waals surface area contributed by atoms with Crippen molar-refractivity contribution < 1.29 is 9.18 Å². The predicted molar refractivity (Wildman–Crippen MR) is 177 cm³/mol. The second kappa shape index (κ2) is 10.7. The molecular formula is C37H27FN6O. The van der Waals surface area contributed by atoms with Crippen LogP contribution in [0.3, 0.4) is 0 Å². The number of hydrazone groups is 1. The Morgan fingerprint density at radius 3 is 2.38 bits per heavy atom. The summed E-state index contributed by atoms with van der Waals surface area (Å²) in [5, 5.41) is 18.2. The van der Waals surface area contributed by atoms with Crippen molar-refractivity contribution >= 4 is 49.9 Å². The Morgan fingerprint density at radius 2 is 1.56 bits per heavy atom. The largest absolute Gasteiger partial charge is 0.384 e. The van der Waals surface area contributed by atoms with Crippen LogP contribution in [0.25, 0.3) is 54.7 Å². The molecule has 0 aliphatic carbocycles. The summed E-state index contributed by atoms with van der Waals surface area (Å²) in [6.45, 7) is 0.317. The van der Waals surface area contributed by atoms with Gasteiger partial charge in [-0.05, 0) is 85.9 Å². The van der Waals surface area contributed by atoms with Crippen LogP contribution in [0.4, 0.5) is 10.2 Å². The van der Waals surface area contributed by atoms with E-state index in [2.05, 4.69) is 53.5 Å². The second-order valence-corrected chi connectivity index (χ2v) is 11.2. The van der Waals surface area contributed by atoms with Gasteiger partial charge in [-0.25, -0.2) is 19.1 Å². The molecule has 2 aromatic heterocycles. The van der Waals surface area contributed by atoms with Crippen LogP contribution < -0.4 is 5.73 Å². The van der Waals surface area contributed by atoms with Gasteiger partial charge in [0.1, 0.15) is 17.3 Å². The first-order valence-electron chi connectivity index (χ1n) is 14.8. The van der Waals surface area contributed by atoms with E-state index in [0.717, 1.165) is 49.2 Å². The van der Waals surface area contributed by atoms with Crippen LogP contribution in [-0.2, 0) is 11.3 Å². The number of amides is 1. The Bertz CT molecular complexity index is 2310. The lowest BCUT2D eigenvalue weighted by Gasteiger charge is -2.24. The molecule has 0 spiro atoms. The maximum Gasteiger partial charge on any atom is 0.243 e. The lowest BCUT2D eigenvalue weighted by molar-refractivity contribution is -0.132. The summed E-state index contributed by atoms with van der Waals surface area (Å²) in [5.74, 6) is 0.648. The van der Waals surface area contributed by atoms with Gasteiger partial charge in [0.25, 0.3) is 0 Å². The van der Waals surface area contributed by atoms with Gasteiger partial charge in [0.05, 0.1) is 6.54 Å². The smallest absolute Gasteiger partial charge is 0.243 e. The van der Waals surface area contributed by atoms with Gasteiger partial charge in [0, 0.05) is 36.4 Å². The van der Waals surface area contributed by atoms with Crippen molar-refractivity contribution in [2.24, 2.45) is 5.10 Å². The van der Waals surface area contributed by atoms with Crippen molar-refractivity contribution in [3.63, 3.8) is 0 Å². The molecule has 0 bridgehead atoms. The molecule has 8 heteroatoms. The first kappa shape index (κ1) is 26.7. The van der Waals surface area contributed by atoms with Crippen molar-refractivity contribution in [3.8, 4) is 22.4 Å². The van der Waals surface area contributed by atoms with Crippen LogP contribution >= 0.6 is 0 Å². The summed E-state index contributed by atoms with van der Waals surface area (Å²) in [6, 6.07) is 33.0. The molecule has 45 heavy (non-hydrogen) atoms. The number of carbonyl (C=O) groups excluding carboxylic acids is 1. The molecular weight excluding hydrogens is 563 g/mol. The summed E-state index contributed by atoms with van der Waals surface area (Å²) in [5.41, 5.74) is 10.1. The molecule has 0 atom stereocenters. The van der Waals surface area contributed by atoms with Crippen LogP contribution in [-0.4, -0.2) is 31.5 Å². The lowest BCUT2D eigenvalue weighted by Crippen LogP contribution is -2.33. The number of nitrogen functional groups attached to an aromatic ring is 1. The zero-order valence-corrected chi connectivity index (χ0v) is 24.2. The van der Waals surface area contributed by atoms with Crippen molar-refractivity contribution in [3.05, 3.63) is 127 Å². The monoisotopic (exact) mass is 590 g/mol. The number of halogens is 1. The molecule has 3 heterocycles. The van der Waals surface area contributed by atoms with E-state index >= 15 is 0 Å². The number of rotatable bonds is 4. The van der Waals surface area contributed by atoms with Crippen molar-refractivity contribution in [1.82, 2.24) is 19.8 Å². The predicted octanol–water partition coefficient (Wildman–Crippen LogP) is 7.78. The van der Waals surface area contributed by atoms with Crippen molar-refractivity contribution in [2.75, 3.05) is 5.73 Å². The SMILES string of the molecule is Nc1cc(-c2cn(C3=NN(Cc4cc5ccccc5c5ccc6ccccc6c45)C(=O)CC3)nc2-c2ccc(F)cc2)ccn1. The third kappa shape index (κ3) is 4.77. The van der Waals surface area contributed by atoms with E-state index in [1.54, 1.807) is 34.1 Å². The number of pyridine rings is 1. The fourth-order valence-electron chi connectivity index (χ4n) is 6.29. The van der Waals surface area contributed by atoms with Gasteiger partial charge >= 0.3 is 0 Å². The molecule has 0 saturated heterocycles. The molecule has 1 aliphatic heterocycles. The second-order valence-electron chi connectivity index (χ2n) is 11.2. The number of hydrogen-bond acceptors (Lipinski definition) is 5. The van der Waals surface area contributed by atoms with Gasteiger partial charge in [-0.3, -0.25) is 4.79 Å². The molecule has 0 saturated carbocycles. The van der Waals surface area contributed by atoms with Crippen LogP contribution in [0.5, 0.6) is 0 Å². The van der Waals surface area contributed by atoms with Gasteiger partial charge in [-0.1, -0.05) is 60.7 Å². The quantitative estimate of drug-likeness (QED) is 0.212. The Morgan fingerprint density at radius 1 is 0.778 bits per heavy atom. The highest BCUT2D eigenvalue weighted by atomic mass is 19.1. The molecule has 8 rings (SSSR count). The minimum atomic E-state index is -0.326. The van der Waals surface area contributed by atoms with Gasteiger partial charge in [0.15, 0.2) is 5.84 Å². The van der Waals surface area contributed by atoms with E-state index in [1.165, 1.54) is 17.5 Å². The summed E-state index contributed by atoms with van der Waals surface area (Å²) in [6.07, 6.45) is 4.26. The van der Waals surface area contributed by atoms with E-state index in [1.807, 2.05) is 30.5 Å². The van der Waals surface area contributed by atoms with Crippen LogP contribution in [0.15, 0.2) is 121 Å². The molecule has 7 nitrogen and oxygen atoms in total.